The highest BCUT2D eigenvalue weighted by Gasteiger charge is 2.16. The Kier molecular flexibility index (Phi) is 5.32. The first kappa shape index (κ1) is 16.6. The maximum absolute atomic E-state index is 12.4. The summed E-state index contributed by atoms with van der Waals surface area (Å²) < 4.78 is 10.4. The van der Waals surface area contributed by atoms with Crippen LogP contribution in [0.2, 0.25) is 5.02 Å². The van der Waals surface area contributed by atoms with E-state index in [9.17, 15) is 4.79 Å². The van der Waals surface area contributed by atoms with Gasteiger partial charge in [-0.05, 0) is 31.0 Å². The number of carbonyl (C=O) groups is 1. The van der Waals surface area contributed by atoms with E-state index in [4.69, 9.17) is 21.1 Å². The van der Waals surface area contributed by atoms with Gasteiger partial charge in [0.25, 0.3) is 5.91 Å². The van der Waals surface area contributed by atoms with Crippen molar-refractivity contribution in [3.05, 3.63) is 38.5 Å². The van der Waals surface area contributed by atoms with Crippen molar-refractivity contribution in [2.75, 3.05) is 19.5 Å². The maximum atomic E-state index is 12.4. The van der Waals surface area contributed by atoms with Crippen molar-refractivity contribution in [3.63, 3.8) is 0 Å². The van der Waals surface area contributed by atoms with E-state index in [0.29, 0.717) is 27.1 Å². The number of thiophene rings is 1. The number of anilines is 1. The second-order valence-corrected chi connectivity index (χ2v) is 6.35. The van der Waals surface area contributed by atoms with Gasteiger partial charge >= 0.3 is 0 Å². The number of hydrogen-bond donors (Lipinski definition) is 1. The quantitative estimate of drug-likeness (QED) is 0.869. The van der Waals surface area contributed by atoms with E-state index in [1.807, 2.05) is 13.0 Å². The van der Waals surface area contributed by atoms with E-state index < -0.39 is 0 Å². The van der Waals surface area contributed by atoms with Crippen molar-refractivity contribution in [2.24, 2.45) is 0 Å². The van der Waals surface area contributed by atoms with E-state index in [1.165, 1.54) is 31.1 Å². The zero-order chi connectivity index (χ0) is 16.3. The molecule has 0 saturated carbocycles. The fourth-order valence-electron chi connectivity index (χ4n) is 2.12. The summed E-state index contributed by atoms with van der Waals surface area (Å²) in [4.78, 5) is 14.2. The third-order valence-electron chi connectivity index (χ3n) is 3.35. The van der Waals surface area contributed by atoms with Crippen LogP contribution in [0.3, 0.4) is 0 Å². The Morgan fingerprint density at radius 2 is 1.91 bits per heavy atom. The predicted octanol–water partition coefficient (Wildman–Crippen LogP) is 4.54. The second-order valence-electron chi connectivity index (χ2n) is 4.69. The van der Waals surface area contributed by atoms with Crippen molar-refractivity contribution < 1.29 is 14.3 Å². The normalized spacial score (nSPS) is 10.4. The van der Waals surface area contributed by atoms with Crippen LogP contribution >= 0.6 is 22.9 Å². The number of rotatable bonds is 5. The molecular formula is C16H18ClNO3S. The summed E-state index contributed by atoms with van der Waals surface area (Å²) in [5.41, 5.74) is 1.71. The summed E-state index contributed by atoms with van der Waals surface area (Å²) >= 11 is 7.59. The molecule has 0 unspecified atom stereocenters. The molecule has 0 fully saturated rings. The number of aryl methyl sites for hydroxylation is 2. The highest BCUT2D eigenvalue weighted by Crippen LogP contribution is 2.36. The molecule has 118 valence electrons. The minimum atomic E-state index is -0.174. The minimum absolute atomic E-state index is 0.174. The third-order valence-corrected chi connectivity index (χ3v) is 4.73. The summed E-state index contributed by atoms with van der Waals surface area (Å²) in [6.45, 7) is 4.09. The molecule has 1 N–H and O–H groups in total. The lowest BCUT2D eigenvalue weighted by Crippen LogP contribution is -2.11. The summed E-state index contributed by atoms with van der Waals surface area (Å²) in [6.07, 6.45) is 0.910. The molecule has 2 aromatic rings. The van der Waals surface area contributed by atoms with Crippen LogP contribution < -0.4 is 14.8 Å². The Balaban J connectivity index is 2.29. The van der Waals surface area contributed by atoms with Gasteiger partial charge in [-0.25, -0.2) is 0 Å². The standard InChI is InChI=1S/C16H18ClNO3S/c1-5-10-6-15(22-9(10)2)16(19)18-12-7-11(17)13(20-3)8-14(12)21-4/h6-8H,5H2,1-4H3,(H,18,19). The first-order chi connectivity index (χ1) is 10.5. The molecular weight excluding hydrogens is 322 g/mol. The lowest BCUT2D eigenvalue weighted by molar-refractivity contribution is 0.103. The Morgan fingerprint density at radius 1 is 1.23 bits per heavy atom. The van der Waals surface area contributed by atoms with Gasteiger partial charge in [-0.1, -0.05) is 18.5 Å². The van der Waals surface area contributed by atoms with Crippen LogP contribution in [0, 0.1) is 6.92 Å². The molecule has 6 heteroatoms. The summed E-state index contributed by atoms with van der Waals surface area (Å²) in [7, 11) is 3.06. The molecule has 0 aliphatic rings. The molecule has 0 spiro atoms. The van der Waals surface area contributed by atoms with Crippen molar-refractivity contribution in [1.82, 2.24) is 0 Å². The number of ether oxygens (including phenoxy) is 2. The molecule has 0 aliphatic carbocycles. The van der Waals surface area contributed by atoms with Crippen LogP contribution in [0.5, 0.6) is 11.5 Å². The number of hydrogen-bond acceptors (Lipinski definition) is 4. The minimum Gasteiger partial charge on any atom is -0.495 e. The summed E-state index contributed by atoms with van der Waals surface area (Å²) in [5, 5.41) is 3.25. The molecule has 2 rings (SSSR count). The molecule has 0 bridgehead atoms. The molecule has 1 heterocycles. The first-order valence-corrected chi connectivity index (χ1v) is 8.01. The lowest BCUT2D eigenvalue weighted by Gasteiger charge is -2.12. The average Bonchev–Trinajstić information content (AvgIpc) is 2.88. The topological polar surface area (TPSA) is 47.6 Å². The maximum Gasteiger partial charge on any atom is 0.265 e. The largest absolute Gasteiger partial charge is 0.495 e. The number of carbonyl (C=O) groups excluding carboxylic acids is 1. The highest BCUT2D eigenvalue weighted by atomic mass is 35.5. The van der Waals surface area contributed by atoms with Gasteiger partial charge in [-0.2, -0.15) is 0 Å². The van der Waals surface area contributed by atoms with Gasteiger partial charge in [0.05, 0.1) is 29.8 Å². The first-order valence-electron chi connectivity index (χ1n) is 6.82. The molecule has 4 nitrogen and oxygen atoms in total. The zero-order valence-corrected chi connectivity index (χ0v) is 14.5. The van der Waals surface area contributed by atoms with Gasteiger partial charge in [0.15, 0.2) is 0 Å². The fraction of sp³-hybridized carbons (Fsp3) is 0.312. The average molecular weight is 340 g/mol. The predicted molar refractivity (Wildman–Crippen MR) is 90.9 cm³/mol. The molecule has 1 aromatic heterocycles. The molecule has 0 saturated heterocycles. The summed E-state index contributed by atoms with van der Waals surface area (Å²) in [6, 6.07) is 5.19. The number of methoxy groups -OCH3 is 2. The van der Waals surface area contributed by atoms with Crippen LogP contribution in [-0.4, -0.2) is 20.1 Å². The molecule has 0 radical (unpaired) electrons. The molecule has 1 aromatic carbocycles. The van der Waals surface area contributed by atoms with Crippen LogP contribution in [0.4, 0.5) is 5.69 Å². The van der Waals surface area contributed by atoms with E-state index in [0.717, 1.165) is 11.3 Å². The Morgan fingerprint density at radius 3 is 2.45 bits per heavy atom. The van der Waals surface area contributed by atoms with Crippen molar-refractivity contribution in [1.29, 1.82) is 0 Å². The second kappa shape index (κ2) is 7.03. The smallest absolute Gasteiger partial charge is 0.265 e. The van der Waals surface area contributed by atoms with E-state index in [-0.39, 0.29) is 5.91 Å². The molecule has 0 aliphatic heterocycles. The summed E-state index contributed by atoms with van der Waals surface area (Å²) in [5.74, 6) is 0.822. The fourth-order valence-corrected chi connectivity index (χ4v) is 3.37. The number of amides is 1. The molecule has 22 heavy (non-hydrogen) atoms. The van der Waals surface area contributed by atoms with Gasteiger partial charge in [0.2, 0.25) is 0 Å². The van der Waals surface area contributed by atoms with Crippen molar-refractivity contribution in [2.45, 2.75) is 20.3 Å². The lowest BCUT2D eigenvalue weighted by atomic mass is 10.2. The number of halogens is 1. The molecule has 1 amide bonds. The zero-order valence-electron chi connectivity index (χ0n) is 13.0. The Labute approximate surface area is 139 Å². The third kappa shape index (κ3) is 3.36. The Bertz CT molecular complexity index is 697. The van der Waals surface area contributed by atoms with Gasteiger partial charge in [-0.3, -0.25) is 4.79 Å². The highest BCUT2D eigenvalue weighted by molar-refractivity contribution is 7.14. The SMILES string of the molecule is CCc1cc(C(=O)Nc2cc(Cl)c(OC)cc2OC)sc1C. The monoisotopic (exact) mass is 339 g/mol. The van der Waals surface area contributed by atoms with Gasteiger partial charge in [-0.15, -0.1) is 11.3 Å². The van der Waals surface area contributed by atoms with E-state index in [1.54, 1.807) is 12.1 Å². The van der Waals surface area contributed by atoms with Crippen molar-refractivity contribution >= 4 is 34.5 Å². The van der Waals surface area contributed by atoms with E-state index >= 15 is 0 Å². The number of nitrogens with one attached hydrogen (secondary N) is 1. The van der Waals surface area contributed by atoms with Crippen LogP contribution in [0.1, 0.15) is 27.0 Å². The van der Waals surface area contributed by atoms with Gasteiger partial charge < -0.3 is 14.8 Å². The number of benzene rings is 1. The van der Waals surface area contributed by atoms with Crippen molar-refractivity contribution in [3.8, 4) is 11.5 Å². The van der Waals surface area contributed by atoms with Crippen LogP contribution in [0.15, 0.2) is 18.2 Å². The molecule has 0 atom stereocenters. The van der Waals surface area contributed by atoms with Crippen LogP contribution in [0.25, 0.3) is 0 Å². The Hall–Kier alpha value is -1.72. The van der Waals surface area contributed by atoms with E-state index in [2.05, 4.69) is 12.2 Å². The van der Waals surface area contributed by atoms with Crippen LogP contribution in [-0.2, 0) is 6.42 Å². The van der Waals surface area contributed by atoms with Gasteiger partial charge in [0, 0.05) is 10.9 Å². The van der Waals surface area contributed by atoms with Gasteiger partial charge in [0.1, 0.15) is 11.5 Å².